The summed E-state index contributed by atoms with van der Waals surface area (Å²) in [6.07, 6.45) is 8.12. The zero-order chi connectivity index (χ0) is 13.0. The Morgan fingerprint density at radius 1 is 1.50 bits per heavy atom. The number of nitrogens with zero attached hydrogens (tertiary/aromatic N) is 3. The van der Waals surface area contributed by atoms with Crippen molar-refractivity contribution in [2.45, 2.75) is 45.3 Å². The largest absolute Gasteiger partial charge is 0.349 e. The first-order valence-corrected chi connectivity index (χ1v) is 6.62. The van der Waals surface area contributed by atoms with Crippen molar-refractivity contribution in [3.63, 3.8) is 0 Å². The fourth-order valence-electron chi connectivity index (χ4n) is 1.88. The molecule has 1 heterocycles. The maximum Gasteiger partial charge on any atom is 0.147 e. The molecule has 0 bridgehead atoms. The maximum absolute atomic E-state index is 4.68. The van der Waals surface area contributed by atoms with Gasteiger partial charge in [0, 0.05) is 31.4 Å². The SMILES string of the molecule is C=CCN(c1cncc(CNC(C)C)n1)C1CC1. The Balaban J connectivity index is 2.06. The topological polar surface area (TPSA) is 41.1 Å². The van der Waals surface area contributed by atoms with Gasteiger partial charge in [-0.1, -0.05) is 19.9 Å². The van der Waals surface area contributed by atoms with Gasteiger partial charge in [0.2, 0.25) is 0 Å². The van der Waals surface area contributed by atoms with E-state index in [9.17, 15) is 0 Å². The molecule has 1 fully saturated rings. The average molecular weight is 246 g/mol. The number of nitrogens with one attached hydrogen (secondary N) is 1. The lowest BCUT2D eigenvalue weighted by molar-refractivity contribution is 0.579. The van der Waals surface area contributed by atoms with Crippen molar-refractivity contribution < 1.29 is 0 Å². The molecule has 0 spiro atoms. The van der Waals surface area contributed by atoms with Crippen molar-refractivity contribution in [2.24, 2.45) is 0 Å². The Morgan fingerprint density at radius 3 is 2.89 bits per heavy atom. The summed E-state index contributed by atoms with van der Waals surface area (Å²) in [7, 11) is 0. The van der Waals surface area contributed by atoms with Crippen LogP contribution in [0.15, 0.2) is 25.0 Å². The lowest BCUT2D eigenvalue weighted by Crippen LogP contribution is -2.28. The molecule has 0 unspecified atom stereocenters. The van der Waals surface area contributed by atoms with E-state index in [2.05, 4.69) is 40.6 Å². The second-order valence-electron chi connectivity index (χ2n) is 5.08. The molecule has 0 aromatic carbocycles. The molecule has 1 saturated carbocycles. The van der Waals surface area contributed by atoms with E-state index in [1.807, 2.05) is 18.5 Å². The summed E-state index contributed by atoms with van der Waals surface area (Å²) in [4.78, 5) is 11.3. The zero-order valence-corrected chi connectivity index (χ0v) is 11.3. The summed E-state index contributed by atoms with van der Waals surface area (Å²) >= 11 is 0. The van der Waals surface area contributed by atoms with Crippen LogP contribution in [0.4, 0.5) is 5.82 Å². The van der Waals surface area contributed by atoms with Gasteiger partial charge in [0.1, 0.15) is 5.82 Å². The van der Waals surface area contributed by atoms with Crippen LogP contribution in [0.25, 0.3) is 0 Å². The van der Waals surface area contributed by atoms with Crippen molar-refractivity contribution in [3.8, 4) is 0 Å². The summed E-state index contributed by atoms with van der Waals surface area (Å²) < 4.78 is 0. The van der Waals surface area contributed by atoms with E-state index in [1.54, 1.807) is 0 Å². The highest BCUT2D eigenvalue weighted by atomic mass is 15.2. The monoisotopic (exact) mass is 246 g/mol. The van der Waals surface area contributed by atoms with Crippen molar-refractivity contribution in [1.29, 1.82) is 0 Å². The van der Waals surface area contributed by atoms with Crippen LogP contribution < -0.4 is 10.2 Å². The Bertz CT molecular complexity index is 399. The third kappa shape index (κ3) is 3.53. The minimum Gasteiger partial charge on any atom is -0.349 e. The van der Waals surface area contributed by atoms with Crippen molar-refractivity contribution in [3.05, 3.63) is 30.7 Å². The van der Waals surface area contributed by atoms with Crippen molar-refractivity contribution in [1.82, 2.24) is 15.3 Å². The molecule has 0 aliphatic heterocycles. The minimum absolute atomic E-state index is 0.461. The van der Waals surface area contributed by atoms with Crippen LogP contribution in [0, 0.1) is 0 Å². The molecule has 0 amide bonds. The quantitative estimate of drug-likeness (QED) is 0.748. The van der Waals surface area contributed by atoms with Crippen LogP contribution in [0.1, 0.15) is 32.4 Å². The lowest BCUT2D eigenvalue weighted by Gasteiger charge is -2.21. The number of aromatic nitrogens is 2. The van der Waals surface area contributed by atoms with E-state index in [4.69, 9.17) is 0 Å². The Hall–Kier alpha value is -1.42. The number of hydrogen-bond acceptors (Lipinski definition) is 4. The van der Waals surface area contributed by atoms with Crippen LogP contribution in [0.5, 0.6) is 0 Å². The predicted molar refractivity (Wildman–Crippen MR) is 74.6 cm³/mol. The molecule has 1 N–H and O–H groups in total. The van der Waals surface area contributed by atoms with Gasteiger partial charge in [0.15, 0.2) is 0 Å². The van der Waals surface area contributed by atoms with E-state index in [0.717, 1.165) is 24.6 Å². The highest BCUT2D eigenvalue weighted by Crippen LogP contribution is 2.30. The molecule has 4 heteroatoms. The fraction of sp³-hybridized carbons (Fsp3) is 0.571. The Kier molecular flexibility index (Phi) is 4.31. The summed E-state index contributed by atoms with van der Waals surface area (Å²) in [5.41, 5.74) is 0.996. The van der Waals surface area contributed by atoms with E-state index in [0.29, 0.717) is 12.1 Å². The van der Waals surface area contributed by atoms with Crippen LogP contribution in [-0.4, -0.2) is 28.6 Å². The van der Waals surface area contributed by atoms with Gasteiger partial charge in [-0.15, -0.1) is 6.58 Å². The van der Waals surface area contributed by atoms with Crippen molar-refractivity contribution in [2.75, 3.05) is 11.4 Å². The average Bonchev–Trinajstić information content (AvgIpc) is 3.18. The molecular weight excluding hydrogens is 224 g/mol. The number of hydrogen-bond donors (Lipinski definition) is 1. The van der Waals surface area contributed by atoms with Gasteiger partial charge in [0.05, 0.1) is 11.9 Å². The van der Waals surface area contributed by atoms with E-state index in [-0.39, 0.29) is 0 Å². The third-order valence-corrected chi connectivity index (χ3v) is 2.97. The summed E-state index contributed by atoms with van der Waals surface area (Å²) in [6.45, 7) is 9.69. The molecule has 2 rings (SSSR count). The van der Waals surface area contributed by atoms with Gasteiger partial charge in [-0.25, -0.2) is 4.98 Å². The molecule has 0 radical (unpaired) electrons. The highest BCUT2D eigenvalue weighted by molar-refractivity contribution is 5.40. The van der Waals surface area contributed by atoms with Crippen LogP contribution in [0.2, 0.25) is 0 Å². The Labute approximate surface area is 109 Å². The van der Waals surface area contributed by atoms with Gasteiger partial charge in [0.25, 0.3) is 0 Å². The molecule has 18 heavy (non-hydrogen) atoms. The standard InChI is InChI=1S/C14H22N4/c1-4-7-18(13-5-6-13)14-10-15-8-12(17-14)9-16-11(2)3/h4,8,10-11,13,16H,1,5-7,9H2,2-3H3. The molecule has 0 atom stereocenters. The summed E-state index contributed by atoms with van der Waals surface area (Å²) in [5, 5.41) is 3.36. The van der Waals surface area contributed by atoms with Gasteiger partial charge in [-0.3, -0.25) is 4.98 Å². The normalized spacial score (nSPS) is 14.8. The smallest absolute Gasteiger partial charge is 0.147 e. The highest BCUT2D eigenvalue weighted by Gasteiger charge is 2.29. The molecule has 0 saturated heterocycles. The molecule has 98 valence electrons. The second-order valence-corrected chi connectivity index (χ2v) is 5.08. The van der Waals surface area contributed by atoms with E-state index in [1.165, 1.54) is 12.8 Å². The third-order valence-electron chi connectivity index (χ3n) is 2.97. The molecule has 4 nitrogen and oxygen atoms in total. The number of rotatable bonds is 7. The van der Waals surface area contributed by atoms with Crippen LogP contribution in [0.3, 0.4) is 0 Å². The molecule has 1 aliphatic carbocycles. The minimum atomic E-state index is 0.461. The van der Waals surface area contributed by atoms with Crippen molar-refractivity contribution >= 4 is 5.82 Å². The van der Waals surface area contributed by atoms with Crippen LogP contribution in [-0.2, 0) is 6.54 Å². The first-order chi connectivity index (χ1) is 8.70. The predicted octanol–water partition coefficient (Wildman–Crippen LogP) is 2.13. The summed E-state index contributed by atoms with van der Waals surface area (Å²) in [6, 6.07) is 1.09. The molecule has 1 aromatic rings. The second kappa shape index (κ2) is 5.96. The van der Waals surface area contributed by atoms with Gasteiger partial charge >= 0.3 is 0 Å². The molecule has 1 aromatic heterocycles. The summed E-state index contributed by atoms with van der Waals surface area (Å²) in [5.74, 6) is 0.973. The van der Waals surface area contributed by atoms with Crippen LogP contribution >= 0.6 is 0 Å². The zero-order valence-electron chi connectivity index (χ0n) is 11.3. The van der Waals surface area contributed by atoms with Gasteiger partial charge in [-0.05, 0) is 12.8 Å². The number of anilines is 1. The molecule has 1 aliphatic rings. The maximum atomic E-state index is 4.68. The fourth-order valence-corrected chi connectivity index (χ4v) is 1.88. The lowest BCUT2D eigenvalue weighted by atomic mass is 10.3. The Morgan fingerprint density at radius 2 is 2.28 bits per heavy atom. The first kappa shape index (κ1) is 13.0. The first-order valence-electron chi connectivity index (χ1n) is 6.62. The molecular formula is C14H22N4. The van der Waals surface area contributed by atoms with E-state index < -0.39 is 0 Å². The van der Waals surface area contributed by atoms with E-state index >= 15 is 0 Å². The van der Waals surface area contributed by atoms with Gasteiger partial charge < -0.3 is 10.2 Å². The van der Waals surface area contributed by atoms with Gasteiger partial charge in [-0.2, -0.15) is 0 Å².